The summed E-state index contributed by atoms with van der Waals surface area (Å²) in [7, 11) is 0. The van der Waals surface area contributed by atoms with Gasteiger partial charge >= 0.3 is 0 Å². The molecule has 3 heteroatoms. The Morgan fingerprint density at radius 2 is 1.15 bits per heavy atom. The number of hydrogen-bond acceptors (Lipinski definition) is 1. The third-order valence-electron chi connectivity index (χ3n) is 3.96. The van der Waals surface area contributed by atoms with Crippen LogP contribution in [0.1, 0.15) is 16.7 Å². The number of benzene rings is 3. The molecular weight excluding hydrogens is 330 g/mol. The smallest absolute Gasteiger partial charge is 0.142 e. The summed E-state index contributed by atoms with van der Waals surface area (Å²) in [4.78, 5) is 10.9. The first-order valence-electron chi connectivity index (χ1n) is 8.12. The molecule has 1 nitrogen and oxygen atoms in total. The SMILES string of the molecule is O=CC=CC(=C(c1ccc(F)cc1)c1ccc(F)cc1)c1ccccc1. The van der Waals surface area contributed by atoms with Gasteiger partial charge in [0, 0.05) is 0 Å². The Balaban J connectivity index is 2.32. The summed E-state index contributed by atoms with van der Waals surface area (Å²) in [6.07, 6.45) is 3.83. The third-order valence-corrected chi connectivity index (χ3v) is 3.96. The molecule has 0 heterocycles. The second-order valence-electron chi connectivity index (χ2n) is 5.66. The van der Waals surface area contributed by atoms with Gasteiger partial charge in [0.05, 0.1) is 0 Å². The van der Waals surface area contributed by atoms with Crippen LogP contribution in [-0.2, 0) is 4.79 Å². The van der Waals surface area contributed by atoms with E-state index in [1.54, 1.807) is 30.3 Å². The molecule has 128 valence electrons. The van der Waals surface area contributed by atoms with E-state index in [0.717, 1.165) is 27.8 Å². The van der Waals surface area contributed by atoms with Crippen LogP contribution in [0, 0.1) is 11.6 Å². The lowest BCUT2D eigenvalue weighted by molar-refractivity contribution is -0.104. The van der Waals surface area contributed by atoms with Crippen molar-refractivity contribution in [2.24, 2.45) is 0 Å². The molecule has 0 aromatic heterocycles. The van der Waals surface area contributed by atoms with Gasteiger partial charge in [0.2, 0.25) is 0 Å². The van der Waals surface area contributed by atoms with Gasteiger partial charge in [-0.15, -0.1) is 0 Å². The fraction of sp³-hybridized carbons (Fsp3) is 0. The maximum absolute atomic E-state index is 13.4. The van der Waals surface area contributed by atoms with Crippen molar-refractivity contribution < 1.29 is 13.6 Å². The van der Waals surface area contributed by atoms with Crippen molar-refractivity contribution in [2.75, 3.05) is 0 Å². The minimum Gasteiger partial charge on any atom is -0.299 e. The summed E-state index contributed by atoms with van der Waals surface area (Å²) in [5.41, 5.74) is 4.01. The summed E-state index contributed by atoms with van der Waals surface area (Å²) in [5.74, 6) is -0.672. The Labute approximate surface area is 150 Å². The molecule has 0 spiro atoms. The summed E-state index contributed by atoms with van der Waals surface area (Å²) in [6.45, 7) is 0. The molecule has 0 bridgehead atoms. The Bertz CT molecular complexity index is 890. The number of hydrogen-bond donors (Lipinski definition) is 0. The van der Waals surface area contributed by atoms with Crippen LogP contribution in [-0.4, -0.2) is 6.29 Å². The monoisotopic (exact) mass is 346 g/mol. The number of rotatable bonds is 5. The number of carbonyl (C=O) groups excluding carboxylic acids is 1. The number of aldehydes is 1. The number of allylic oxidation sites excluding steroid dienone is 3. The predicted molar refractivity (Wildman–Crippen MR) is 100 cm³/mol. The first-order valence-corrected chi connectivity index (χ1v) is 8.12. The van der Waals surface area contributed by atoms with Gasteiger partial charge in [-0.3, -0.25) is 4.79 Å². The van der Waals surface area contributed by atoms with Crippen LogP contribution in [0.2, 0.25) is 0 Å². The zero-order valence-corrected chi connectivity index (χ0v) is 13.9. The maximum atomic E-state index is 13.4. The van der Waals surface area contributed by atoms with E-state index in [1.807, 2.05) is 30.3 Å². The highest BCUT2D eigenvalue weighted by molar-refractivity contribution is 6.03. The normalized spacial score (nSPS) is 10.7. The minimum absolute atomic E-state index is 0.336. The quantitative estimate of drug-likeness (QED) is 0.251. The van der Waals surface area contributed by atoms with Crippen LogP contribution >= 0.6 is 0 Å². The van der Waals surface area contributed by atoms with E-state index in [9.17, 15) is 13.6 Å². The molecule has 3 rings (SSSR count). The molecule has 3 aromatic carbocycles. The maximum Gasteiger partial charge on any atom is 0.142 e. The highest BCUT2D eigenvalue weighted by atomic mass is 19.1. The van der Waals surface area contributed by atoms with E-state index < -0.39 is 0 Å². The van der Waals surface area contributed by atoms with Crippen LogP contribution < -0.4 is 0 Å². The molecule has 0 aliphatic carbocycles. The average Bonchev–Trinajstić information content (AvgIpc) is 2.68. The Kier molecular flexibility index (Phi) is 5.49. The number of halogens is 2. The Morgan fingerprint density at radius 1 is 0.654 bits per heavy atom. The van der Waals surface area contributed by atoms with Crippen LogP contribution in [0.25, 0.3) is 11.1 Å². The van der Waals surface area contributed by atoms with E-state index in [4.69, 9.17) is 0 Å². The van der Waals surface area contributed by atoms with Gasteiger partial charge in [-0.1, -0.05) is 60.7 Å². The van der Waals surface area contributed by atoms with Crippen molar-refractivity contribution in [3.05, 3.63) is 119 Å². The van der Waals surface area contributed by atoms with Gasteiger partial charge in [0.25, 0.3) is 0 Å². The zero-order chi connectivity index (χ0) is 18.4. The molecule has 0 saturated carbocycles. The van der Waals surface area contributed by atoms with E-state index in [-0.39, 0.29) is 11.6 Å². The minimum atomic E-state index is -0.336. The van der Waals surface area contributed by atoms with E-state index in [2.05, 4.69) is 0 Å². The Hall–Kier alpha value is -3.33. The van der Waals surface area contributed by atoms with Gasteiger partial charge < -0.3 is 0 Å². The van der Waals surface area contributed by atoms with Crippen molar-refractivity contribution in [1.82, 2.24) is 0 Å². The number of carbonyl (C=O) groups is 1. The van der Waals surface area contributed by atoms with Crippen LogP contribution in [0.4, 0.5) is 8.78 Å². The molecule has 3 aromatic rings. The van der Waals surface area contributed by atoms with Crippen molar-refractivity contribution >= 4 is 17.4 Å². The molecule has 0 N–H and O–H groups in total. The van der Waals surface area contributed by atoms with E-state index in [0.29, 0.717) is 6.29 Å². The molecule has 0 unspecified atom stereocenters. The molecule has 0 saturated heterocycles. The molecule has 0 aliphatic rings. The second kappa shape index (κ2) is 8.17. The van der Waals surface area contributed by atoms with Crippen LogP contribution in [0.15, 0.2) is 91.0 Å². The molecule has 0 atom stereocenters. The fourth-order valence-electron chi connectivity index (χ4n) is 2.79. The van der Waals surface area contributed by atoms with Gasteiger partial charge in [0.1, 0.15) is 17.9 Å². The first kappa shape index (κ1) is 17.5. The van der Waals surface area contributed by atoms with Crippen LogP contribution in [0.3, 0.4) is 0 Å². The molecule has 0 aliphatic heterocycles. The second-order valence-corrected chi connectivity index (χ2v) is 5.66. The standard InChI is InChI=1S/C23H16F2O/c24-20-12-8-18(9-13-20)23(19-10-14-21(25)15-11-19)22(7-4-16-26)17-5-2-1-3-6-17/h1-16H. The lowest BCUT2D eigenvalue weighted by atomic mass is 9.89. The van der Waals surface area contributed by atoms with Crippen LogP contribution in [0.5, 0.6) is 0 Å². The summed E-state index contributed by atoms with van der Waals surface area (Å²) in [6, 6.07) is 21.8. The fourth-order valence-corrected chi connectivity index (χ4v) is 2.79. The molecule has 0 amide bonds. The van der Waals surface area contributed by atoms with E-state index in [1.165, 1.54) is 30.3 Å². The van der Waals surface area contributed by atoms with Gasteiger partial charge in [-0.25, -0.2) is 8.78 Å². The first-order chi connectivity index (χ1) is 12.7. The average molecular weight is 346 g/mol. The zero-order valence-electron chi connectivity index (χ0n) is 13.9. The van der Waals surface area contributed by atoms with Crippen molar-refractivity contribution in [1.29, 1.82) is 0 Å². The summed E-state index contributed by atoms with van der Waals surface area (Å²) in [5, 5.41) is 0. The van der Waals surface area contributed by atoms with Crippen molar-refractivity contribution in [3.63, 3.8) is 0 Å². The molecular formula is C23H16F2O. The lowest BCUT2D eigenvalue weighted by Gasteiger charge is -2.15. The summed E-state index contributed by atoms with van der Waals surface area (Å²) >= 11 is 0. The molecule has 0 radical (unpaired) electrons. The molecule has 26 heavy (non-hydrogen) atoms. The predicted octanol–water partition coefficient (Wildman–Crippen LogP) is 5.68. The van der Waals surface area contributed by atoms with Crippen molar-refractivity contribution in [3.8, 4) is 0 Å². The van der Waals surface area contributed by atoms with Crippen molar-refractivity contribution in [2.45, 2.75) is 0 Å². The highest BCUT2D eigenvalue weighted by Gasteiger charge is 2.12. The highest BCUT2D eigenvalue weighted by Crippen LogP contribution is 2.33. The van der Waals surface area contributed by atoms with Gasteiger partial charge in [0.15, 0.2) is 0 Å². The largest absolute Gasteiger partial charge is 0.299 e. The lowest BCUT2D eigenvalue weighted by Crippen LogP contribution is -1.95. The Morgan fingerprint density at radius 3 is 1.62 bits per heavy atom. The van der Waals surface area contributed by atoms with E-state index >= 15 is 0 Å². The van der Waals surface area contributed by atoms with Gasteiger partial charge in [-0.2, -0.15) is 0 Å². The topological polar surface area (TPSA) is 17.1 Å². The molecule has 0 fully saturated rings. The summed E-state index contributed by atoms with van der Waals surface area (Å²) < 4.78 is 26.8. The third kappa shape index (κ3) is 4.01. The van der Waals surface area contributed by atoms with Gasteiger partial charge in [-0.05, 0) is 58.2 Å².